The fraction of sp³-hybridized carbons (Fsp3) is 0.286. The minimum atomic E-state index is -1.19. The molecule has 0 spiro atoms. The molecular weight excluding hydrogens is 506 g/mol. The molecule has 0 saturated carbocycles. The van der Waals surface area contributed by atoms with Crippen molar-refractivity contribution >= 4 is 28.9 Å². The number of carbonyl (C=O) groups excluding carboxylic acids is 2. The summed E-state index contributed by atoms with van der Waals surface area (Å²) < 4.78 is 16.3. The van der Waals surface area contributed by atoms with Crippen molar-refractivity contribution in [1.29, 1.82) is 0 Å². The van der Waals surface area contributed by atoms with Crippen LogP contribution in [-0.4, -0.2) is 43.7 Å². The van der Waals surface area contributed by atoms with E-state index >= 15 is 0 Å². The molecule has 2 aliphatic rings. The maximum Gasteiger partial charge on any atom is 0.278 e. The average molecular weight is 534 g/mol. The van der Waals surface area contributed by atoms with Gasteiger partial charge in [-0.2, -0.15) is 0 Å². The van der Waals surface area contributed by atoms with Gasteiger partial charge in [0.25, 0.3) is 11.6 Å². The zero-order chi connectivity index (χ0) is 27.7. The van der Waals surface area contributed by atoms with Crippen molar-refractivity contribution in [3.05, 3.63) is 82.4 Å². The summed E-state index contributed by atoms with van der Waals surface area (Å²) >= 11 is 0. The van der Waals surface area contributed by atoms with Crippen LogP contribution in [0.4, 0.5) is 17.1 Å². The molecule has 3 atom stereocenters. The summed E-state index contributed by atoms with van der Waals surface area (Å²) in [5.41, 5.74) is 0.753. The Kier molecular flexibility index (Phi) is 7.07. The molecule has 0 aliphatic carbocycles. The Hall–Kier alpha value is -4.64. The van der Waals surface area contributed by atoms with Gasteiger partial charge >= 0.3 is 0 Å². The molecule has 0 radical (unpaired) electrons. The molecule has 11 nitrogen and oxygen atoms in total. The highest BCUT2D eigenvalue weighted by molar-refractivity contribution is 6.24. The largest absolute Gasteiger partial charge is 0.494 e. The van der Waals surface area contributed by atoms with E-state index in [2.05, 4.69) is 0 Å². The minimum absolute atomic E-state index is 0.153. The fourth-order valence-corrected chi connectivity index (χ4v) is 4.97. The highest BCUT2D eigenvalue weighted by Gasteiger charge is 2.61. The second-order valence-electron chi connectivity index (χ2n) is 9.04. The lowest BCUT2D eigenvalue weighted by Crippen LogP contribution is -2.37. The van der Waals surface area contributed by atoms with Crippen molar-refractivity contribution in [2.75, 3.05) is 30.8 Å². The van der Waals surface area contributed by atoms with E-state index in [0.717, 1.165) is 11.3 Å². The van der Waals surface area contributed by atoms with Gasteiger partial charge in [0.15, 0.2) is 17.6 Å². The molecule has 3 aromatic carbocycles. The Morgan fingerprint density at radius 1 is 0.923 bits per heavy atom. The summed E-state index contributed by atoms with van der Waals surface area (Å²) in [4.78, 5) is 46.3. The van der Waals surface area contributed by atoms with Gasteiger partial charge in [-0.25, -0.2) is 9.96 Å². The summed E-state index contributed by atoms with van der Waals surface area (Å²) in [6.45, 7) is 2.53. The van der Waals surface area contributed by atoms with Crippen molar-refractivity contribution in [3.8, 4) is 17.2 Å². The fourth-order valence-electron chi connectivity index (χ4n) is 4.97. The molecule has 0 aromatic heterocycles. The number of hydroxylamine groups is 1. The van der Waals surface area contributed by atoms with Crippen LogP contribution in [0.5, 0.6) is 17.2 Å². The minimum Gasteiger partial charge on any atom is -0.494 e. The first-order valence-electron chi connectivity index (χ1n) is 12.4. The zero-order valence-corrected chi connectivity index (χ0v) is 21.6. The van der Waals surface area contributed by atoms with Gasteiger partial charge in [-0.1, -0.05) is 25.1 Å². The summed E-state index contributed by atoms with van der Waals surface area (Å²) in [5.74, 6) is -1.13. The SMILES string of the molecule is CCCOc1ccc(N2C(=O)[C@@H]3[C@H](ON(c4ccccc4)[C@@H]3c3cc(OC)c(OC)cc3[N+](=O)[O-])C2=O)cc1. The molecule has 2 heterocycles. The zero-order valence-electron chi connectivity index (χ0n) is 21.6. The van der Waals surface area contributed by atoms with Crippen LogP contribution in [0.2, 0.25) is 0 Å². The Morgan fingerprint density at radius 3 is 2.21 bits per heavy atom. The molecule has 0 bridgehead atoms. The van der Waals surface area contributed by atoms with Gasteiger partial charge in [0.2, 0.25) is 5.91 Å². The van der Waals surface area contributed by atoms with Crippen LogP contribution in [0.15, 0.2) is 66.7 Å². The van der Waals surface area contributed by atoms with Crippen LogP contribution in [0.3, 0.4) is 0 Å². The first-order valence-corrected chi connectivity index (χ1v) is 12.4. The van der Waals surface area contributed by atoms with Crippen LogP contribution in [-0.2, 0) is 14.4 Å². The molecule has 0 N–H and O–H groups in total. The normalized spacial score (nSPS) is 20.2. The van der Waals surface area contributed by atoms with E-state index in [9.17, 15) is 19.7 Å². The molecule has 2 amide bonds. The first-order chi connectivity index (χ1) is 18.9. The van der Waals surface area contributed by atoms with Crippen LogP contribution in [0.25, 0.3) is 0 Å². The van der Waals surface area contributed by atoms with Crippen LogP contribution < -0.4 is 24.2 Å². The molecule has 11 heteroatoms. The third kappa shape index (κ3) is 4.50. The van der Waals surface area contributed by atoms with E-state index in [4.69, 9.17) is 19.0 Å². The predicted octanol–water partition coefficient (Wildman–Crippen LogP) is 4.45. The third-order valence-electron chi connectivity index (χ3n) is 6.74. The third-order valence-corrected chi connectivity index (χ3v) is 6.74. The number of benzene rings is 3. The van der Waals surface area contributed by atoms with Crippen molar-refractivity contribution < 1.29 is 33.6 Å². The molecule has 202 valence electrons. The molecule has 39 heavy (non-hydrogen) atoms. The highest BCUT2D eigenvalue weighted by atomic mass is 16.7. The van der Waals surface area contributed by atoms with Crippen LogP contribution in [0, 0.1) is 16.0 Å². The number of anilines is 2. The molecule has 2 aliphatic heterocycles. The predicted molar refractivity (Wildman–Crippen MR) is 141 cm³/mol. The standard InChI is InChI=1S/C28H27N3O8/c1-4-14-38-19-12-10-17(11-13-19)29-27(32)24-25(20-15-22(36-2)23(37-3)16-21(20)31(34)35)30(39-26(24)28(29)33)18-8-6-5-7-9-18/h5-13,15-16,24-26H,4,14H2,1-3H3/t24-,25+,26-/m0/s1. The number of methoxy groups -OCH3 is 2. The second-order valence-corrected chi connectivity index (χ2v) is 9.04. The van der Waals surface area contributed by atoms with Crippen molar-refractivity contribution in [2.45, 2.75) is 25.5 Å². The van der Waals surface area contributed by atoms with Crippen molar-refractivity contribution in [3.63, 3.8) is 0 Å². The molecule has 2 saturated heterocycles. The number of imide groups is 1. The molecular formula is C28H27N3O8. The van der Waals surface area contributed by atoms with Crippen molar-refractivity contribution in [1.82, 2.24) is 0 Å². The van der Waals surface area contributed by atoms with Gasteiger partial charge in [0.05, 0.1) is 48.8 Å². The van der Waals surface area contributed by atoms with Gasteiger partial charge < -0.3 is 14.2 Å². The summed E-state index contributed by atoms with van der Waals surface area (Å²) in [6, 6.07) is 17.2. The lowest BCUT2D eigenvalue weighted by Gasteiger charge is -2.29. The van der Waals surface area contributed by atoms with E-state index in [1.165, 1.54) is 31.4 Å². The van der Waals surface area contributed by atoms with Crippen LogP contribution >= 0.6 is 0 Å². The number of nitro benzene ring substituents is 1. The average Bonchev–Trinajstić information content (AvgIpc) is 3.47. The topological polar surface area (TPSA) is 121 Å². The Morgan fingerprint density at radius 2 is 1.59 bits per heavy atom. The summed E-state index contributed by atoms with van der Waals surface area (Å²) in [6.07, 6.45) is -0.348. The van der Waals surface area contributed by atoms with E-state index in [1.54, 1.807) is 54.6 Å². The number of para-hydroxylation sites is 1. The maximum atomic E-state index is 13.9. The van der Waals surface area contributed by atoms with E-state index < -0.39 is 34.8 Å². The van der Waals surface area contributed by atoms with Crippen molar-refractivity contribution in [2.24, 2.45) is 5.92 Å². The Bertz CT molecular complexity index is 1400. The lowest BCUT2D eigenvalue weighted by atomic mass is 9.89. The Labute approximate surface area is 224 Å². The van der Waals surface area contributed by atoms with Gasteiger partial charge in [-0.05, 0) is 48.9 Å². The highest BCUT2D eigenvalue weighted by Crippen LogP contribution is 2.51. The number of fused-ring (bicyclic) bond motifs is 1. The number of ether oxygens (including phenoxy) is 3. The number of hydrogen-bond acceptors (Lipinski definition) is 9. The number of carbonyl (C=O) groups is 2. The number of hydrogen-bond donors (Lipinski definition) is 0. The van der Waals surface area contributed by atoms with Gasteiger partial charge in [0.1, 0.15) is 17.7 Å². The van der Waals surface area contributed by atoms with E-state index in [-0.39, 0.29) is 22.7 Å². The smallest absolute Gasteiger partial charge is 0.278 e. The van der Waals surface area contributed by atoms with Gasteiger partial charge in [-0.15, -0.1) is 0 Å². The molecule has 0 unspecified atom stereocenters. The number of amides is 2. The van der Waals surface area contributed by atoms with Gasteiger partial charge in [0, 0.05) is 0 Å². The quantitative estimate of drug-likeness (QED) is 0.223. The number of nitro groups is 1. The first kappa shape index (κ1) is 26.0. The maximum absolute atomic E-state index is 13.9. The van der Waals surface area contributed by atoms with Crippen LogP contribution in [0.1, 0.15) is 24.9 Å². The molecule has 3 aromatic rings. The second kappa shape index (κ2) is 10.6. The molecule has 5 rings (SSSR count). The molecule has 2 fully saturated rings. The monoisotopic (exact) mass is 533 g/mol. The summed E-state index contributed by atoms with van der Waals surface area (Å²) in [5, 5.41) is 13.6. The van der Waals surface area contributed by atoms with Gasteiger partial charge in [-0.3, -0.25) is 24.5 Å². The number of nitrogens with zero attached hydrogens (tertiary/aromatic N) is 3. The summed E-state index contributed by atoms with van der Waals surface area (Å²) in [7, 11) is 2.79. The Balaban J connectivity index is 1.60. The van der Waals surface area contributed by atoms with E-state index in [1.807, 2.05) is 6.92 Å². The van der Waals surface area contributed by atoms with E-state index in [0.29, 0.717) is 23.7 Å². The lowest BCUT2D eigenvalue weighted by molar-refractivity contribution is -0.385. The number of rotatable bonds is 9.